The van der Waals surface area contributed by atoms with Crippen molar-refractivity contribution >= 4 is 11.2 Å². The second kappa shape index (κ2) is 3.29. The lowest BCUT2D eigenvalue weighted by Crippen LogP contribution is -2.17. The van der Waals surface area contributed by atoms with Crippen molar-refractivity contribution < 1.29 is 9.66 Å². The van der Waals surface area contributed by atoms with Crippen molar-refractivity contribution in [3.63, 3.8) is 0 Å². The van der Waals surface area contributed by atoms with Crippen LogP contribution in [0.1, 0.15) is 13.3 Å². The maximum atomic E-state index is 10.2. The molecule has 0 heterocycles. The monoisotopic (exact) mass is 122 g/mol. The van der Waals surface area contributed by atoms with Gasteiger partial charge in [-0.3, -0.25) is 0 Å². The zero-order chi connectivity index (χ0) is 5.86. The minimum absolute atomic E-state index is 0.573. The second-order valence-corrected chi connectivity index (χ2v) is 2.90. The van der Waals surface area contributed by atoms with Crippen LogP contribution in [0.2, 0.25) is 0 Å². The van der Waals surface area contributed by atoms with Gasteiger partial charge in [-0.1, -0.05) is 6.92 Å². The van der Waals surface area contributed by atoms with Gasteiger partial charge >= 0.3 is 0 Å². The van der Waals surface area contributed by atoms with Crippen molar-refractivity contribution in [1.29, 1.82) is 0 Å². The van der Waals surface area contributed by atoms with Crippen molar-refractivity contribution in [2.45, 2.75) is 18.8 Å². The lowest BCUT2D eigenvalue weighted by Gasteiger charge is -2.08. The van der Waals surface area contributed by atoms with E-state index in [0.717, 1.165) is 0 Å². The van der Waals surface area contributed by atoms with E-state index in [9.17, 15) is 4.55 Å². The molecule has 2 nitrogen and oxygen atoms in total. The van der Waals surface area contributed by atoms with E-state index in [2.05, 4.69) is 0 Å². The Balaban J connectivity index is 3.14. The number of hydrogen-bond donors (Lipinski definition) is 1. The van der Waals surface area contributed by atoms with Crippen LogP contribution >= 0.6 is 0 Å². The van der Waals surface area contributed by atoms with Crippen LogP contribution in [0.5, 0.6) is 0 Å². The summed E-state index contributed by atoms with van der Waals surface area (Å²) in [5.41, 5.74) is -0.625. The van der Waals surface area contributed by atoms with E-state index in [1.54, 1.807) is 6.92 Å². The molecule has 44 valence electrons. The molecule has 0 amide bonds. The second-order valence-electron chi connectivity index (χ2n) is 1.36. The highest BCUT2D eigenvalue weighted by atomic mass is 32.2. The molecule has 1 N–H and O–H groups in total. The summed E-state index contributed by atoms with van der Waals surface area (Å²) in [6.07, 6.45) is 2.07. The van der Waals surface area contributed by atoms with E-state index in [4.69, 9.17) is 5.11 Å². The van der Waals surface area contributed by atoms with E-state index in [0.29, 0.717) is 6.42 Å². The highest BCUT2D eigenvalue weighted by Crippen LogP contribution is 1.97. The molecule has 0 spiro atoms. The molecule has 0 aliphatic rings. The maximum Gasteiger partial charge on any atom is 0.212 e. The normalized spacial score (nSPS) is 18.9. The highest BCUT2D eigenvalue weighted by molar-refractivity contribution is 7.91. The Morgan fingerprint density at radius 1 is 1.86 bits per heavy atom. The molecule has 0 aromatic carbocycles. The highest BCUT2D eigenvalue weighted by Gasteiger charge is 2.08. The van der Waals surface area contributed by atoms with E-state index in [1.165, 1.54) is 6.26 Å². The molecular formula is C4H10O2S. The minimum Gasteiger partial charge on any atom is -0.615 e. The lowest BCUT2D eigenvalue weighted by atomic mass is 10.5. The molecular weight excluding hydrogens is 112 g/mol. The summed E-state index contributed by atoms with van der Waals surface area (Å²) in [4.78, 5) is 0. The van der Waals surface area contributed by atoms with Gasteiger partial charge in [-0.25, -0.2) is 0 Å². The summed E-state index contributed by atoms with van der Waals surface area (Å²) in [5.74, 6) is 0. The quantitative estimate of drug-likeness (QED) is 0.528. The van der Waals surface area contributed by atoms with Gasteiger partial charge in [-0.05, 0) is 11.2 Å². The molecule has 2 atom stereocenters. The Bertz CT molecular complexity index is 47.0. The molecule has 0 radical (unpaired) electrons. The summed E-state index contributed by atoms with van der Waals surface area (Å²) in [6.45, 7) is 1.80. The molecule has 0 saturated carbocycles. The molecule has 0 rings (SSSR count). The number of hydrogen-bond acceptors (Lipinski definition) is 2. The fourth-order valence-corrected chi connectivity index (χ4v) is 0.704. The van der Waals surface area contributed by atoms with Gasteiger partial charge in [0, 0.05) is 6.42 Å². The van der Waals surface area contributed by atoms with Gasteiger partial charge < -0.3 is 9.66 Å². The van der Waals surface area contributed by atoms with Crippen LogP contribution in [0.3, 0.4) is 0 Å². The van der Waals surface area contributed by atoms with Crippen molar-refractivity contribution in [3.05, 3.63) is 0 Å². The first kappa shape index (κ1) is 7.27. The van der Waals surface area contributed by atoms with E-state index < -0.39 is 16.6 Å². The van der Waals surface area contributed by atoms with Crippen LogP contribution in [-0.4, -0.2) is 21.4 Å². The third-order valence-electron chi connectivity index (χ3n) is 0.732. The molecule has 0 aromatic rings. The van der Waals surface area contributed by atoms with Gasteiger partial charge in [0.15, 0.2) is 0 Å². The number of aliphatic hydroxyl groups is 1. The minimum atomic E-state index is -1.05. The molecule has 0 aromatic heterocycles. The van der Waals surface area contributed by atoms with Gasteiger partial charge in [0.1, 0.15) is 0 Å². The van der Waals surface area contributed by atoms with Gasteiger partial charge in [-0.2, -0.15) is 0 Å². The number of aliphatic hydroxyl groups excluding tert-OH is 1. The third kappa shape index (κ3) is 2.91. The van der Waals surface area contributed by atoms with Crippen LogP contribution in [-0.2, 0) is 11.2 Å². The van der Waals surface area contributed by atoms with Crippen LogP contribution in [0.4, 0.5) is 0 Å². The largest absolute Gasteiger partial charge is 0.615 e. The molecule has 0 bridgehead atoms. The Labute approximate surface area is 46.7 Å². The predicted octanol–water partition coefficient (Wildman–Crippen LogP) is 0.0933. The fraction of sp³-hybridized carbons (Fsp3) is 1.00. The van der Waals surface area contributed by atoms with Crippen molar-refractivity contribution in [2.75, 3.05) is 6.26 Å². The molecule has 0 fully saturated rings. The smallest absolute Gasteiger partial charge is 0.212 e. The Morgan fingerprint density at radius 3 is 2.29 bits per heavy atom. The van der Waals surface area contributed by atoms with Crippen LogP contribution in [0.25, 0.3) is 0 Å². The zero-order valence-electron chi connectivity index (χ0n) is 4.55. The van der Waals surface area contributed by atoms with E-state index >= 15 is 0 Å². The third-order valence-corrected chi connectivity index (χ3v) is 1.83. The van der Waals surface area contributed by atoms with Gasteiger partial charge in [0.2, 0.25) is 5.44 Å². The lowest BCUT2D eigenvalue weighted by molar-refractivity contribution is 0.246. The molecule has 0 aliphatic heterocycles. The first-order chi connectivity index (χ1) is 3.18. The molecule has 2 unspecified atom stereocenters. The maximum absolute atomic E-state index is 10.2. The summed E-state index contributed by atoms with van der Waals surface area (Å²) in [6, 6.07) is 0. The molecule has 0 saturated heterocycles. The summed E-state index contributed by atoms with van der Waals surface area (Å²) in [7, 11) is 0. The molecule has 7 heavy (non-hydrogen) atoms. The topological polar surface area (TPSA) is 43.3 Å². The zero-order valence-corrected chi connectivity index (χ0v) is 5.36. The summed E-state index contributed by atoms with van der Waals surface area (Å²) >= 11 is -1.05. The Kier molecular flexibility index (Phi) is 3.42. The standard InChI is InChI=1S/C4H10O2S/c1-3-4(5)7(2)6/h4-5H,3H2,1-2H3. The van der Waals surface area contributed by atoms with Crippen LogP contribution in [0, 0.1) is 0 Å². The van der Waals surface area contributed by atoms with Crippen LogP contribution < -0.4 is 0 Å². The summed E-state index contributed by atoms with van der Waals surface area (Å²) in [5, 5.41) is 8.64. The predicted molar refractivity (Wildman–Crippen MR) is 30.4 cm³/mol. The van der Waals surface area contributed by atoms with Crippen molar-refractivity contribution in [3.8, 4) is 0 Å². The van der Waals surface area contributed by atoms with Crippen molar-refractivity contribution in [2.24, 2.45) is 0 Å². The average molecular weight is 122 g/mol. The first-order valence-electron chi connectivity index (χ1n) is 2.18. The van der Waals surface area contributed by atoms with E-state index in [-0.39, 0.29) is 0 Å². The van der Waals surface area contributed by atoms with E-state index in [1.807, 2.05) is 0 Å². The SMILES string of the molecule is CCC(O)[S+](C)[O-]. The molecule has 0 aliphatic carbocycles. The summed E-state index contributed by atoms with van der Waals surface area (Å²) < 4.78 is 10.2. The molecule has 3 heteroatoms. The van der Waals surface area contributed by atoms with Gasteiger partial charge in [0.25, 0.3) is 0 Å². The Hall–Kier alpha value is 0.270. The van der Waals surface area contributed by atoms with Gasteiger partial charge in [-0.15, -0.1) is 0 Å². The Morgan fingerprint density at radius 2 is 2.29 bits per heavy atom. The van der Waals surface area contributed by atoms with Crippen LogP contribution in [0.15, 0.2) is 0 Å². The fourth-order valence-electron chi connectivity index (χ4n) is 0.235. The number of rotatable bonds is 2. The first-order valence-corrected chi connectivity index (χ1v) is 3.81. The van der Waals surface area contributed by atoms with Crippen molar-refractivity contribution in [1.82, 2.24) is 0 Å². The average Bonchev–Trinajstić information content (AvgIpc) is 1.65. The van der Waals surface area contributed by atoms with Gasteiger partial charge in [0.05, 0.1) is 6.26 Å².